The highest BCUT2D eigenvalue weighted by Crippen LogP contribution is 2.42. The number of carbonyl (C=O) groups excluding carboxylic acids is 2. The van der Waals surface area contributed by atoms with Crippen molar-refractivity contribution < 1.29 is 37.6 Å². The molecule has 0 rings (SSSR count). The van der Waals surface area contributed by atoms with Crippen LogP contribution >= 0.6 is 7.82 Å². The van der Waals surface area contributed by atoms with Gasteiger partial charge in [0.1, 0.15) is 6.61 Å². The first kappa shape index (κ1) is 25.1. The average Bonchev–Trinajstić information content (AvgIpc) is 2.62. The number of phosphoric acid groups is 1. The Kier molecular flexibility index (Phi) is 14.6. The Bertz CT molecular complexity index is 440. The minimum Gasteiger partial charge on any atom is -0.462 e. The van der Waals surface area contributed by atoms with Crippen molar-refractivity contribution >= 4 is 19.8 Å². The molecular formula is C17H33O8P. The summed E-state index contributed by atoms with van der Waals surface area (Å²) in [5.74, 6) is -0.865. The second kappa shape index (κ2) is 15.1. The third kappa shape index (κ3) is 14.2. The van der Waals surface area contributed by atoms with E-state index in [-0.39, 0.29) is 19.4 Å². The topological polar surface area (TPSA) is 108 Å². The summed E-state index contributed by atoms with van der Waals surface area (Å²) in [5.41, 5.74) is 0. The number of phosphoric ester groups is 1. The molecule has 26 heavy (non-hydrogen) atoms. The molecule has 1 unspecified atom stereocenters. The average molecular weight is 396 g/mol. The number of rotatable bonds is 16. The van der Waals surface area contributed by atoms with Gasteiger partial charge in [-0.2, -0.15) is 0 Å². The third-order valence-electron chi connectivity index (χ3n) is 3.60. The summed E-state index contributed by atoms with van der Waals surface area (Å²) in [6.07, 6.45) is 6.11. The van der Waals surface area contributed by atoms with Gasteiger partial charge >= 0.3 is 19.8 Å². The van der Waals surface area contributed by atoms with Crippen molar-refractivity contribution in [1.82, 2.24) is 0 Å². The predicted molar refractivity (Wildman–Crippen MR) is 96.5 cm³/mol. The van der Waals surface area contributed by atoms with Gasteiger partial charge in [0.15, 0.2) is 6.10 Å². The Labute approximate surface area is 156 Å². The maximum Gasteiger partial charge on any atom is 0.472 e. The zero-order valence-electron chi connectivity index (χ0n) is 16.1. The molecule has 0 aliphatic carbocycles. The molecule has 0 saturated heterocycles. The van der Waals surface area contributed by atoms with Crippen molar-refractivity contribution in [2.24, 2.45) is 0 Å². The monoisotopic (exact) mass is 396 g/mol. The van der Waals surface area contributed by atoms with E-state index in [1.807, 2.05) is 6.92 Å². The summed E-state index contributed by atoms with van der Waals surface area (Å²) in [6, 6.07) is 0. The van der Waals surface area contributed by atoms with Crippen LogP contribution in [0.25, 0.3) is 0 Å². The van der Waals surface area contributed by atoms with Gasteiger partial charge in [-0.3, -0.25) is 18.6 Å². The van der Waals surface area contributed by atoms with E-state index in [1.54, 1.807) is 0 Å². The van der Waals surface area contributed by atoms with Crippen LogP contribution in [0.2, 0.25) is 0 Å². The first-order valence-corrected chi connectivity index (χ1v) is 10.7. The molecule has 0 heterocycles. The standard InChI is InChI=1S/C17H33O8P/c1-4-6-8-9-10-12-16(18)23-13-15(14-24-26(20,21)22-3)25-17(19)11-7-5-2/h15H,4-14H2,1-3H3,(H,20,21)/t15-/m1/s1. The van der Waals surface area contributed by atoms with Crippen molar-refractivity contribution in [1.29, 1.82) is 0 Å². The minimum atomic E-state index is -4.20. The Hall–Kier alpha value is -0.950. The number of ether oxygens (including phenoxy) is 2. The Morgan fingerprint density at radius 3 is 2.15 bits per heavy atom. The molecule has 154 valence electrons. The van der Waals surface area contributed by atoms with Crippen LogP contribution in [0.4, 0.5) is 0 Å². The summed E-state index contributed by atoms with van der Waals surface area (Å²) in [6.45, 7) is 3.43. The normalized spacial score (nSPS) is 14.5. The third-order valence-corrected chi connectivity index (χ3v) is 4.54. The molecule has 0 bridgehead atoms. The summed E-state index contributed by atoms with van der Waals surface area (Å²) in [4.78, 5) is 32.8. The van der Waals surface area contributed by atoms with Gasteiger partial charge in [-0.05, 0) is 12.8 Å². The molecule has 0 aromatic carbocycles. The quantitative estimate of drug-likeness (QED) is 0.239. The molecule has 0 amide bonds. The fourth-order valence-electron chi connectivity index (χ4n) is 2.04. The van der Waals surface area contributed by atoms with Crippen LogP contribution in [0.3, 0.4) is 0 Å². The Morgan fingerprint density at radius 2 is 1.54 bits per heavy atom. The second-order valence-electron chi connectivity index (χ2n) is 6.01. The smallest absolute Gasteiger partial charge is 0.462 e. The Morgan fingerprint density at radius 1 is 0.923 bits per heavy atom. The summed E-state index contributed by atoms with van der Waals surface area (Å²) >= 11 is 0. The van der Waals surface area contributed by atoms with Gasteiger partial charge in [0.05, 0.1) is 6.61 Å². The van der Waals surface area contributed by atoms with E-state index in [1.165, 1.54) is 0 Å². The second-order valence-corrected chi connectivity index (χ2v) is 7.57. The van der Waals surface area contributed by atoms with E-state index in [2.05, 4.69) is 11.4 Å². The first-order chi connectivity index (χ1) is 12.3. The van der Waals surface area contributed by atoms with Crippen molar-refractivity contribution in [3.05, 3.63) is 0 Å². The van der Waals surface area contributed by atoms with Gasteiger partial charge < -0.3 is 14.4 Å². The molecule has 0 fully saturated rings. The summed E-state index contributed by atoms with van der Waals surface area (Å²) in [5, 5.41) is 0. The molecule has 0 aliphatic rings. The van der Waals surface area contributed by atoms with Crippen molar-refractivity contribution in [3.8, 4) is 0 Å². The minimum absolute atomic E-state index is 0.222. The van der Waals surface area contributed by atoms with Crippen LogP contribution in [-0.4, -0.2) is 43.3 Å². The van der Waals surface area contributed by atoms with Crippen LogP contribution < -0.4 is 0 Å². The maximum absolute atomic E-state index is 11.8. The predicted octanol–water partition coefficient (Wildman–Crippen LogP) is 3.76. The van der Waals surface area contributed by atoms with Gasteiger partial charge in [0.2, 0.25) is 0 Å². The number of esters is 2. The van der Waals surface area contributed by atoms with Gasteiger partial charge in [0.25, 0.3) is 0 Å². The van der Waals surface area contributed by atoms with E-state index in [9.17, 15) is 19.0 Å². The van der Waals surface area contributed by atoms with Gasteiger partial charge in [0, 0.05) is 20.0 Å². The highest BCUT2D eigenvalue weighted by molar-refractivity contribution is 7.47. The molecule has 0 spiro atoms. The molecular weight excluding hydrogens is 363 g/mol. The highest BCUT2D eigenvalue weighted by atomic mass is 31.2. The zero-order valence-corrected chi connectivity index (χ0v) is 17.0. The molecule has 8 nitrogen and oxygen atoms in total. The number of hydrogen-bond donors (Lipinski definition) is 1. The summed E-state index contributed by atoms with van der Waals surface area (Å²) < 4.78 is 30.7. The fraction of sp³-hybridized carbons (Fsp3) is 0.882. The number of hydrogen-bond acceptors (Lipinski definition) is 7. The largest absolute Gasteiger partial charge is 0.472 e. The van der Waals surface area contributed by atoms with E-state index in [4.69, 9.17) is 14.0 Å². The van der Waals surface area contributed by atoms with Crippen LogP contribution in [0.15, 0.2) is 0 Å². The molecule has 0 radical (unpaired) electrons. The van der Waals surface area contributed by atoms with E-state index in [0.29, 0.717) is 6.42 Å². The lowest BCUT2D eigenvalue weighted by Gasteiger charge is -2.19. The fourth-order valence-corrected chi connectivity index (χ4v) is 2.50. The molecule has 2 atom stereocenters. The van der Waals surface area contributed by atoms with E-state index >= 15 is 0 Å². The highest BCUT2D eigenvalue weighted by Gasteiger charge is 2.24. The number of carbonyl (C=O) groups is 2. The van der Waals surface area contributed by atoms with E-state index < -0.39 is 32.5 Å². The molecule has 0 aliphatic heterocycles. The van der Waals surface area contributed by atoms with Crippen LogP contribution in [0.5, 0.6) is 0 Å². The van der Waals surface area contributed by atoms with E-state index in [0.717, 1.165) is 45.6 Å². The zero-order chi connectivity index (χ0) is 19.8. The molecule has 0 saturated carbocycles. The SMILES string of the molecule is CCCCCCCC(=O)OC[C@H](COP(=O)(O)OC)OC(=O)CCCC. The molecule has 9 heteroatoms. The lowest BCUT2D eigenvalue weighted by molar-refractivity contribution is -0.161. The van der Waals surface area contributed by atoms with Crippen LogP contribution in [-0.2, 0) is 32.7 Å². The van der Waals surface area contributed by atoms with Gasteiger partial charge in [-0.25, -0.2) is 4.57 Å². The van der Waals surface area contributed by atoms with Gasteiger partial charge in [-0.15, -0.1) is 0 Å². The first-order valence-electron chi connectivity index (χ1n) is 9.22. The number of unbranched alkanes of at least 4 members (excludes halogenated alkanes) is 5. The van der Waals surface area contributed by atoms with Crippen LogP contribution in [0, 0.1) is 0 Å². The van der Waals surface area contributed by atoms with Crippen LogP contribution in [0.1, 0.15) is 71.6 Å². The lowest BCUT2D eigenvalue weighted by Crippen LogP contribution is -2.29. The molecule has 1 N–H and O–H groups in total. The van der Waals surface area contributed by atoms with Crippen molar-refractivity contribution in [2.75, 3.05) is 20.3 Å². The van der Waals surface area contributed by atoms with Crippen molar-refractivity contribution in [3.63, 3.8) is 0 Å². The Balaban J connectivity index is 4.34. The molecule has 0 aromatic heterocycles. The lowest BCUT2D eigenvalue weighted by atomic mass is 10.1. The van der Waals surface area contributed by atoms with Gasteiger partial charge in [-0.1, -0.05) is 46.0 Å². The summed E-state index contributed by atoms with van der Waals surface area (Å²) in [7, 11) is -3.17. The maximum atomic E-state index is 11.8. The molecule has 0 aromatic rings. The van der Waals surface area contributed by atoms with Crippen molar-refractivity contribution in [2.45, 2.75) is 77.7 Å².